The number of fused-ring (bicyclic) bond motifs is 1. The van der Waals surface area contributed by atoms with Gasteiger partial charge in [-0.1, -0.05) is 18.2 Å². The highest BCUT2D eigenvalue weighted by Gasteiger charge is 2.30. The van der Waals surface area contributed by atoms with Crippen LogP contribution >= 0.6 is 12.4 Å². The van der Waals surface area contributed by atoms with Gasteiger partial charge in [0.1, 0.15) is 6.42 Å². The van der Waals surface area contributed by atoms with Crippen molar-refractivity contribution in [3.63, 3.8) is 0 Å². The largest absolute Gasteiger partial charge is 0.397 e. The van der Waals surface area contributed by atoms with E-state index in [1.807, 2.05) is 18.2 Å². The van der Waals surface area contributed by atoms with E-state index < -0.39 is 18.5 Å². The number of carbonyl (C=O) groups is 1. The minimum atomic E-state index is -4.45. The van der Waals surface area contributed by atoms with Crippen molar-refractivity contribution in [2.75, 3.05) is 0 Å². The molecule has 1 aliphatic heterocycles. The van der Waals surface area contributed by atoms with E-state index in [2.05, 4.69) is 10.6 Å². The van der Waals surface area contributed by atoms with E-state index in [1.54, 1.807) is 0 Å². The molecule has 1 heterocycles. The molecule has 0 saturated heterocycles. The third-order valence-electron chi connectivity index (χ3n) is 2.75. The lowest BCUT2D eigenvalue weighted by atomic mass is 10.1. The summed E-state index contributed by atoms with van der Waals surface area (Å²) in [5, 5.41) is 5.44. The van der Waals surface area contributed by atoms with Crippen LogP contribution in [0.4, 0.5) is 13.2 Å². The van der Waals surface area contributed by atoms with Crippen molar-refractivity contribution < 1.29 is 18.0 Å². The molecule has 0 aromatic heterocycles. The zero-order valence-corrected chi connectivity index (χ0v) is 10.8. The van der Waals surface area contributed by atoms with Gasteiger partial charge in [0.2, 0.25) is 5.91 Å². The Morgan fingerprint density at radius 1 is 1.26 bits per heavy atom. The molecule has 0 aliphatic carbocycles. The van der Waals surface area contributed by atoms with E-state index in [1.165, 1.54) is 5.56 Å². The normalized spacial score (nSPS) is 13.6. The first-order chi connectivity index (χ1) is 8.44. The van der Waals surface area contributed by atoms with E-state index in [9.17, 15) is 18.0 Å². The van der Waals surface area contributed by atoms with Crippen LogP contribution in [0.3, 0.4) is 0 Å². The standard InChI is InChI=1S/C12H13F3N2O.ClH/c13-12(14,15)4-11(18)17-5-8-1-2-9-6-16-7-10(9)3-8;/h1-3,16H,4-7H2,(H,17,18);1H. The molecular formula is C12H14ClF3N2O. The maximum Gasteiger partial charge on any atom is 0.397 e. The second-order valence-electron chi connectivity index (χ2n) is 4.28. The zero-order valence-electron chi connectivity index (χ0n) is 10.0. The van der Waals surface area contributed by atoms with Gasteiger partial charge >= 0.3 is 6.18 Å². The quantitative estimate of drug-likeness (QED) is 0.898. The van der Waals surface area contributed by atoms with Crippen molar-refractivity contribution in [1.82, 2.24) is 10.6 Å². The molecule has 0 atom stereocenters. The Bertz CT molecular complexity index is 463. The third-order valence-corrected chi connectivity index (χ3v) is 2.75. The average Bonchev–Trinajstić information content (AvgIpc) is 2.71. The number of halogens is 4. The van der Waals surface area contributed by atoms with Gasteiger partial charge in [0.25, 0.3) is 0 Å². The fourth-order valence-corrected chi connectivity index (χ4v) is 1.90. The first-order valence-electron chi connectivity index (χ1n) is 5.59. The van der Waals surface area contributed by atoms with Crippen LogP contribution in [0.5, 0.6) is 0 Å². The molecule has 1 aliphatic rings. The molecule has 0 unspecified atom stereocenters. The molecule has 106 valence electrons. The lowest BCUT2D eigenvalue weighted by Crippen LogP contribution is -2.28. The van der Waals surface area contributed by atoms with Gasteiger partial charge in [-0.25, -0.2) is 0 Å². The van der Waals surface area contributed by atoms with E-state index in [0.29, 0.717) is 0 Å². The van der Waals surface area contributed by atoms with E-state index in [-0.39, 0.29) is 19.0 Å². The third kappa shape index (κ3) is 4.72. The number of nitrogens with one attached hydrogen (secondary N) is 2. The molecule has 1 aromatic carbocycles. The van der Waals surface area contributed by atoms with Crippen molar-refractivity contribution in [2.45, 2.75) is 32.2 Å². The molecule has 2 rings (SSSR count). The average molecular weight is 295 g/mol. The molecular weight excluding hydrogens is 281 g/mol. The molecule has 0 spiro atoms. The Labute approximate surface area is 115 Å². The maximum atomic E-state index is 11.9. The number of hydrogen-bond acceptors (Lipinski definition) is 2. The van der Waals surface area contributed by atoms with Crippen molar-refractivity contribution in [3.05, 3.63) is 34.9 Å². The summed E-state index contributed by atoms with van der Waals surface area (Å²) in [7, 11) is 0. The monoisotopic (exact) mass is 294 g/mol. The Hall–Kier alpha value is -1.27. The van der Waals surface area contributed by atoms with E-state index >= 15 is 0 Å². The van der Waals surface area contributed by atoms with Crippen molar-refractivity contribution in [1.29, 1.82) is 0 Å². The molecule has 0 saturated carbocycles. The van der Waals surface area contributed by atoms with Crippen LogP contribution in [0.1, 0.15) is 23.1 Å². The summed E-state index contributed by atoms with van der Waals surface area (Å²) in [6.07, 6.45) is -5.88. The number of carbonyl (C=O) groups excluding carboxylic acids is 1. The molecule has 2 N–H and O–H groups in total. The summed E-state index contributed by atoms with van der Waals surface area (Å²) < 4.78 is 35.8. The zero-order chi connectivity index (χ0) is 13.2. The summed E-state index contributed by atoms with van der Waals surface area (Å²) in [6, 6.07) is 5.66. The van der Waals surface area contributed by atoms with Crippen LogP contribution in [0.15, 0.2) is 18.2 Å². The van der Waals surface area contributed by atoms with Gasteiger partial charge < -0.3 is 10.6 Å². The highest BCUT2D eigenvalue weighted by Crippen LogP contribution is 2.19. The SMILES string of the molecule is Cl.O=C(CC(F)(F)F)NCc1ccc2c(c1)CNC2. The van der Waals surface area contributed by atoms with E-state index in [4.69, 9.17) is 0 Å². The van der Waals surface area contributed by atoms with Crippen molar-refractivity contribution >= 4 is 18.3 Å². The predicted octanol–water partition coefficient (Wildman–Crippen LogP) is 2.28. The summed E-state index contributed by atoms with van der Waals surface area (Å²) in [5.74, 6) is -0.999. The van der Waals surface area contributed by atoms with Gasteiger partial charge in [0, 0.05) is 19.6 Å². The lowest BCUT2D eigenvalue weighted by Gasteiger charge is -2.08. The van der Waals surface area contributed by atoms with Crippen LogP contribution in [0.2, 0.25) is 0 Å². The molecule has 0 radical (unpaired) electrons. The summed E-state index contributed by atoms with van der Waals surface area (Å²) in [5.41, 5.74) is 3.14. The van der Waals surface area contributed by atoms with Crippen LogP contribution < -0.4 is 10.6 Å². The molecule has 1 amide bonds. The van der Waals surface area contributed by atoms with Crippen molar-refractivity contribution in [2.24, 2.45) is 0 Å². The van der Waals surface area contributed by atoms with Gasteiger partial charge in [-0.2, -0.15) is 13.2 Å². The van der Waals surface area contributed by atoms with E-state index in [0.717, 1.165) is 24.2 Å². The minimum absolute atomic E-state index is 0. The fourth-order valence-electron chi connectivity index (χ4n) is 1.90. The lowest BCUT2D eigenvalue weighted by molar-refractivity contribution is -0.153. The Balaban J connectivity index is 0.00000180. The molecule has 1 aromatic rings. The number of alkyl halides is 3. The number of amides is 1. The second-order valence-corrected chi connectivity index (χ2v) is 4.28. The first kappa shape index (κ1) is 15.8. The molecule has 0 fully saturated rings. The minimum Gasteiger partial charge on any atom is -0.352 e. The van der Waals surface area contributed by atoms with Gasteiger partial charge in [-0.3, -0.25) is 4.79 Å². The first-order valence-corrected chi connectivity index (χ1v) is 5.59. The molecule has 0 bridgehead atoms. The van der Waals surface area contributed by atoms with Gasteiger partial charge in [0.15, 0.2) is 0 Å². The summed E-state index contributed by atoms with van der Waals surface area (Å²) in [6.45, 7) is 1.71. The smallest absolute Gasteiger partial charge is 0.352 e. The molecule has 3 nitrogen and oxygen atoms in total. The van der Waals surface area contributed by atoms with Gasteiger partial charge in [0.05, 0.1) is 0 Å². The van der Waals surface area contributed by atoms with Crippen LogP contribution in [0.25, 0.3) is 0 Å². The predicted molar refractivity (Wildman–Crippen MR) is 66.8 cm³/mol. The van der Waals surface area contributed by atoms with Gasteiger partial charge in [-0.15, -0.1) is 12.4 Å². The van der Waals surface area contributed by atoms with Crippen molar-refractivity contribution in [3.8, 4) is 0 Å². The van der Waals surface area contributed by atoms with Crippen LogP contribution in [0, 0.1) is 0 Å². The van der Waals surface area contributed by atoms with Crippen LogP contribution in [-0.4, -0.2) is 12.1 Å². The number of rotatable bonds is 3. The topological polar surface area (TPSA) is 41.1 Å². The fraction of sp³-hybridized carbons (Fsp3) is 0.417. The maximum absolute atomic E-state index is 11.9. The highest BCUT2D eigenvalue weighted by molar-refractivity contribution is 5.85. The summed E-state index contributed by atoms with van der Waals surface area (Å²) in [4.78, 5) is 11.0. The highest BCUT2D eigenvalue weighted by atomic mass is 35.5. The Morgan fingerprint density at radius 3 is 2.63 bits per heavy atom. The molecule has 19 heavy (non-hydrogen) atoms. The summed E-state index contributed by atoms with van der Waals surface area (Å²) >= 11 is 0. The second kappa shape index (κ2) is 6.25. The number of benzene rings is 1. The van der Waals surface area contributed by atoms with Gasteiger partial charge in [-0.05, 0) is 16.7 Å². The number of hydrogen-bond donors (Lipinski definition) is 2. The Morgan fingerprint density at radius 2 is 1.95 bits per heavy atom. The van der Waals surface area contributed by atoms with Crippen LogP contribution in [-0.2, 0) is 24.4 Å². The molecule has 7 heteroatoms. The Kier molecular flexibility index (Phi) is 5.20.